The number of anilines is 1. The number of nitrogens with zero attached hydrogens (tertiary/aromatic N) is 4. The number of rotatable bonds is 1. The molecule has 0 spiro atoms. The molecule has 0 bridgehead atoms. The second-order valence-electron chi connectivity index (χ2n) is 3.56. The van der Waals surface area contributed by atoms with Crippen molar-refractivity contribution in [2.75, 3.05) is 5.73 Å². The highest BCUT2D eigenvalue weighted by molar-refractivity contribution is 5.66. The lowest BCUT2D eigenvalue weighted by Gasteiger charge is -2.04. The van der Waals surface area contributed by atoms with Gasteiger partial charge in [-0.15, -0.1) is 5.10 Å². The SMILES string of the molecule is Cc1c(-c2cn[nH]c2)ccc2nc(N)nn12. The maximum atomic E-state index is 5.57. The molecule has 0 aliphatic rings. The topological polar surface area (TPSA) is 84.9 Å². The van der Waals surface area contributed by atoms with Crippen LogP contribution >= 0.6 is 0 Å². The molecule has 80 valence electrons. The van der Waals surface area contributed by atoms with Gasteiger partial charge >= 0.3 is 0 Å². The smallest absolute Gasteiger partial charge is 0.240 e. The fourth-order valence-corrected chi connectivity index (χ4v) is 1.79. The number of pyridine rings is 1. The van der Waals surface area contributed by atoms with E-state index in [4.69, 9.17) is 5.73 Å². The van der Waals surface area contributed by atoms with Gasteiger partial charge in [0.05, 0.1) is 6.20 Å². The molecular formula is C10H10N6. The van der Waals surface area contributed by atoms with Crippen molar-refractivity contribution < 1.29 is 0 Å². The van der Waals surface area contributed by atoms with Crippen LogP contribution in [0, 0.1) is 6.92 Å². The molecule has 0 atom stereocenters. The number of hydrogen-bond acceptors (Lipinski definition) is 4. The molecule has 6 nitrogen and oxygen atoms in total. The monoisotopic (exact) mass is 214 g/mol. The van der Waals surface area contributed by atoms with Gasteiger partial charge in [0.1, 0.15) is 0 Å². The van der Waals surface area contributed by atoms with Crippen LogP contribution in [0.25, 0.3) is 16.8 Å². The van der Waals surface area contributed by atoms with E-state index in [-0.39, 0.29) is 5.95 Å². The highest BCUT2D eigenvalue weighted by atomic mass is 15.3. The minimum Gasteiger partial charge on any atom is -0.366 e. The van der Waals surface area contributed by atoms with Crippen molar-refractivity contribution in [1.82, 2.24) is 24.8 Å². The average molecular weight is 214 g/mol. The zero-order valence-corrected chi connectivity index (χ0v) is 8.68. The van der Waals surface area contributed by atoms with E-state index in [0.717, 1.165) is 22.5 Å². The molecule has 0 saturated heterocycles. The summed E-state index contributed by atoms with van der Waals surface area (Å²) < 4.78 is 1.73. The lowest BCUT2D eigenvalue weighted by molar-refractivity contribution is 0.923. The van der Waals surface area contributed by atoms with Crippen LogP contribution in [-0.4, -0.2) is 24.8 Å². The van der Waals surface area contributed by atoms with Crippen molar-refractivity contribution in [2.45, 2.75) is 6.92 Å². The molecule has 0 fully saturated rings. The molecule has 0 radical (unpaired) electrons. The van der Waals surface area contributed by atoms with E-state index < -0.39 is 0 Å². The molecule has 16 heavy (non-hydrogen) atoms. The molecule has 3 aromatic rings. The summed E-state index contributed by atoms with van der Waals surface area (Å²) >= 11 is 0. The third-order valence-corrected chi connectivity index (χ3v) is 2.56. The zero-order valence-electron chi connectivity index (χ0n) is 8.68. The Kier molecular flexibility index (Phi) is 1.70. The predicted octanol–water partition coefficient (Wildman–Crippen LogP) is 1.01. The number of aryl methyl sites for hydroxylation is 1. The summed E-state index contributed by atoms with van der Waals surface area (Å²) in [5.41, 5.74) is 9.39. The van der Waals surface area contributed by atoms with Gasteiger partial charge in [-0.1, -0.05) is 0 Å². The van der Waals surface area contributed by atoms with Crippen LogP contribution in [0.2, 0.25) is 0 Å². The molecule has 3 rings (SSSR count). The van der Waals surface area contributed by atoms with Crippen molar-refractivity contribution in [1.29, 1.82) is 0 Å². The van der Waals surface area contributed by atoms with Gasteiger partial charge in [-0.2, -0.15) is 10.1 Å². The second-order valence-corrected chi connectivity index (χ2v) is 3.56. The summed E-state index contributed by atoms with van der Waals surface area (Å²) in [4.78, 5) is 4.10. The number of fused-ring (bicyclic) bond motifs is 1. The van der Waals surface area contributed by atoms with Crippen LogP contribution < -0.4 is 5.73 Å². The zero-order chi connectivity index (χ0) is 11.1. The highest BCUT2D eigenvalue weighted by Crippen LogP contribution is 2.22. The number of nitrogens with two attached hydrogens (primary N) is 1. The lowest BCUT2D eigenvalue weighted by Crippen LogP contribution is -1.96. The van der Waals surface area contributed by atoms with Gasteiger partial charge in [-0.3, -0.25) is 5.10 Å². The molecule has 3 aromatic heterocycles. The molecule has 0 aliphatic carbocycles. The molecule has 0 aromatic carbocycles. The van der Waals surface area contributed by atoms with Gasteiger partial charge in [-0.05, 0) is 19.1 Å². The summed E-state index contributed by atoms with van der Waals surface area (Å²) in [6.45, 7) is 1.98. The first-order valence-electron chi connectivity index (χ1n) is 4.87. The Morgan fingerprint density at radius 2 is 2.25 bits per heavy atom. The number of aromatic nitrogens is 5. The van der Waals surface area contributed by atoms with Crippen molar-refractivity contribution in [2.24, 2.45) is 0 Å². The number of hydrogen-bond donors (Lipinski definition) is 2. The second kappa shape index (κ2) is 3.06. The van der Waals surface area contributed by atoms with E-state index in [1.165, 1.54) is 0 Å². The van der Waals surface area contributed by atoms with Gasteiger partial charge in [-0.25, -0.2) is 4.52 Å². The number of nitrogen functional groups attached to an aromatic ring is 1. The lowest BCUT2D eigenvalue weighted by atomic mass is 10.1. The Morgan fingerprint density at radius 3 is 3.00 bits per heavy atom. The minimum absolute atomic E-state index is 0.285. The summed E-state index contributed by atoms with van der Waals surface area (Å²) in [7, 11) is 0. The van der Waals surface area contributed by atoms with Crippen LogP contribution in [0.3, 0.4) is 0 Å². The number of nitrogens with one attached hydrogen (secondary N) is 1. The van der Waals surface area contributed by atoms with Gasteiger partial charge in [0.2, 0.25) is 5.95 Å². The Bertz CT molecular complexity index is 637. The van der Waals surface area contributed by atoms with Crippen LogP contribution in [0.5, 0.6) is 0 Å². The normalized spacial score (nSPS) is 11.1. The van der Waals surface area contributed by atoms with Crippen LogP contribution in [0.4, 0.5) is 5.95 Å². The van der Waals surface area contributed by atoms with Crippen LogP contribution in [0.15, 0.2) is 24.5 Å². The summed E-state index contributed by atoms with van der Waals surface area (Å²) in [5, 5.41) is 10.9. The van der Waals surface area contributed by atoms with E-state index in [0.29, 0.717) is 0 Å². The minimum atomic E-state index is 0.285. The third-order valence-electron chi connectivity index (χ3n) is 2.56. The predicted molar refractivity (Wildman–Crippen MR) is 59.7 cm³/mol. The van der Waals surface area contributed by atoms with Crippen LogP contribution in [-0.2, 0) is 0 Å². The van der Waals surface area contributed by atoms with Crippen molar-refractivity contribution in [3.8, 4) is 11.1 Å². The van der Waals surface area contributed by atoms with Gasteiger partial charge < -0.3 is 5.73 Å². The van der Waals surface area contributed by atoms with E-state index in [1.807, 2.05) is 25.3 Å². The Labute approximate surface area is 91.1 Å². The molecule has 3 heterocycles. The molecule has 0 amide bonds. The Morgan fingerprint density at radius 1 is 1.38 bits per heavy atom. The fraction of sp³-hybridized carbons (Fsp3) is 0.100. The maximum absolute atomic E-state index is 5.57. The molecule has 3 N–H and O–H groups in total. The first-order chi connectivity index (χ1) is 7.75. The molecule has 0 aliphatic heterocycles. The van der Waals surface area contributed by atoms with Crippen molar-refractivity contribution in [3.63, 3.8) is 0 Å². The van der Waals surface area contributed by atoms with Gasteiger partial charge in [0.25, 0.3) is 0 Å². The molecule has 0 saturated carbocycles. The fourth-order valence-electron chi connectivity index (χ4n) is 1.79. The first-order valence-corrected chi connectivity index (χ1v) is 4.87. The largest absolute Gasteiger partial charge is 0.366 e. The summed E-state index contributed by atoms with van der Waals surface area (Å²) in [6, 6.07) is 3.88. The van der Waals surface area contributed by atoms with E-state index in [2.05, 4.69) is 20.3 Å². The quantitative estimate of drug-likeness (QED) is 0.633. The third kappa shape index (κ3) is 1.16. The standard InChI is InChI=1S/C10H10N6/c1-6-8(7-4-12-13-5-7)2-3-9-14-10(11)15-16(6)9/h2-5H,1H3,(H2,11,15)(H,12,13). The maximum Gasteiger partial charge on any atom is 0.240 e. The van der Waals surface area contributed by atoms with Crippen LogP contribution in [0.1, 0.15) is 5.69 Å². The molecule has 0 unspecified atom stereocenters. The average Bonchev–Trinajstić information content (AvgIpc) is 2.86. The number of aromatic amines is 1. The first kappa shape index (κ1) is 8.90. The Hall–Kier alpha value is -2.37. The van der Waals surface area contributed by atoms with E-state index in [9.17, 15) is 0 Å². The molecular weight excluding hydrogens is 204 g/mol. The molecule has 6 heteroatoms. The summed E-state index contributed by atoms with van der Waals surface area (Å²) in [5.74, 6) is 0.285. The van der Waals surface area contributed by atoms with Crippen molar-refractivity contribution in [3.05, 3.63) is 30.2 Å². The van der Waals surface area contributed by atoms with Crippen molar-refractivity contribution >= 4 is 11.6 Å². The highest BCUT2D eigenvalue weighted by Gasteiger charge is 2.09. The Balaban J connectivity index is 2.31. The van der Waals surface area contributed by atoms with Gasteiger partial charge in [0.15, 0.2) is 5.65 Å². The van der Waals surface area contributed by atoms with E-state index >= 15 is 0 Å². The van der Waals surface area contributed by atoms with Gasteiger partial charge in [0, 0.05) is 23.0 Å². The van der Waals surface area contributed by atoms with E-state index in [1.54, 1.807) is 10.7 Å². The number of H-pyrrole nitrogens is 1. The summed E-state index contributed by atoms with van der Waals surface area (Å²) in [6.07, 6.45) is 3.61.